The Morgan fingerprint density at radius 2 is 1.75 bits per heavy atom. The Balaban J connectivity index is 1.73. The van der Waals surface area contributed by atoms with E-state index in [9.17, 15) is 14.9 Å². The molecule has 2 aromatic heterocycles. The summed E-state index contributed by atoms with van der Waals surface area (Å²) in [4.78, 5) is 28.6. The minimum Gasteiger partial charge on any atom is -0.294 e. The third-order valence-electron chi connectivity index (χ3n) is 4.73. The van der Waals surface area contributed by atoms with Crippen LogP contribution >= 0.6 is 11.3 Å². The molecule has 0 amide bonds. The van der Waals surface area contributed by atoms with Crippen molar-refractivity contribution >= 4 is 27.2 Å². The first-order valence-electron chi connectivity index (χ1n) is 8.86. The molecule has 0 radical (unpaired) electrons. The second-order valence-electron chi connectivity index (χ2n) is 6.48. The quantitative estimate of drug-likeness (QED) is 0.367. The molecule has 2 heterocycles. The second-order valence-corrected chi connectivity index (χ2v) is 7.34. The van der Waals surface area contributed by atoms with Crippen LogP contribution in [0.3, 0.4) is 0 Å². The molecule has 0 aliphatic heterocycles. The van der Waals surface area contributed by atoms with Gasteiger partial charge in [-0.1, -0.05) is 43.3 Å². The van der Waals surface area contributed by atoms with Gasteiger partial charge in [0.05, 0.1) is 23.2 Å². The van der Waals surface area contributed by atoms with Crippen LogP contribution in [0.4, 0.5) is 5.69 Å². The van der Waals surface area contributed by atoms with E-state index in [0.717, 1.165) is 23.1 Å². The van der Waals surface area contributed by atoms with Crippen LogP contribution in [0.1, 0.15) is 18.1 Å². The van der Waals surface area contributed by atoms with E-state index in [2.05, 4.69) is 24.0 Å². The van der Waals surface area contributed by atoms with Crippen molar-refractivity contribution in [2.24, 2.45) is 0 Å². The third kappa shape index (κ3) is 3.32. The molecule has 2 aromatic carbocycles. The predicted molar refractivity (Wildman–Crippen MR) is 111 cm³/mol. The number of thiophene rings is 1. The second kappa shape index (κ2) is 7.36. The Kier molecular flexibility index (Phi) is 4.75. The van der Waals surface area contributed by atoms with Crippen LogP contribution in [0, 0.1) is 10.1 Å². The molecule has 7 heteroatoms. The summed E-state index contributed by atoms with van der Waals surface area (Å²) in [6.45, 7) is 2.42. The average molecular weight is 391 g/mol. The lowest BCUT2D eigenvalue weighted by molar-refractivity contribution is -0.384. The molecule has 0 N–H and O–H groups in total. The van der Waals surface area contributed by atoms with Crippen LogP contribution < -0.4 is 5.56 Å². The normalized spacial score (nSPS) is 11.0. The van der Waals surface area contributed by atoms with Crippen molar-refractivity contribution in [3.63, 3.8) is 0 Å². The summed E-state index contributed by atoms with van der Waals surface area (Å²) in [5.74, 6) is 0. The highest BCUT2D eigenvalue weighted by Crippen LogP contribution is 2.30. The Morgan fingerprint density at radius 1 is 1.07 bits per heavy atom. The molecule has 0 saturated carbocycles. The van der Waals surface area contributed by atoms with E-state index in [1.807, 2.05) is 17.5 Å². The number of fused-ring (bicyclic) bond motifs is 1. The van der Waals surface area contributed by atoms with Crippen molar-refractivity contribution in [2.75, 3.05) is 0 Å². The highest BCUT2D eigenvalue weighted by Gasteiger charge is 2.14. The molecule has 0 aliphatic carbocycles. The molecule has 0 atom stereocenters. The highest BCUT2D eigenvalue weighted by molar-refractivity contribution is 7.17. The largest absolute Gasteiger partial charge is 0.294 e. The standard InChI is InChI=1S/C21H17N3O3S/c1-2-14-3-7-16(8-4-14)18-12-28-20-19(18)21(25)23(13-22-20)11-15-5-9-17(10-6-15)24(26)27/h3-10,12-13H,2,11H2,1H3. The fourth-order valence-corrected chi connectivity index (χ4v) is 4.04. The topological polar surface area (TPSA) is 78.0 Å². The van der Waals surface area contributed by atoms with Gasteiger partial charge in [-0.3, -0.25) is 19.5 Å². The number of benzene rings is 2. The van der Waals surface area contributed by atoms with Gasteiger partial charge in [0, 0.05) is 23.1 Å². The Labute approximate surface area is 164 Å². The Morgan fingerprint density at radius 3 is 2.39 bits per heavy atom. The summed E-state index contributed by atoms with van der Waals surface area (Å²) >= 11 is 1.45. The van der Waals surface area contributed by atoms with Gasteiger partial charge in [-0.05, 0) is 23.1 Å². The maximum atomic E-state index is 13.1. The van der Waals surface area contributed by atoms with E-state index in [1.165, 1.54) is 35.4 Å². The highest BCUT2D eigenvalue weighted by atomic mass is 32.1. The molecule has 0 spiro atoms. The predicted octanol–water partition coefficient (Wildman–Crippen LogP) is 4.64. The lowest BCUT2D eigenvalue weighted by atomic mass is 10.0. The lowest BCUT2D eigenvalue weighted by Gasteiger charge is -2.07. The maximum Gasteiger partial charge on any atom is 0.269 e. The molecule has 0 saturated heterocycles. The first-order chi connectivity index (χ1) is 13.6. The molecule has 0 bridgehead atoms. The fraction of sp³-hybridized carbons (Fsp3) is 0.143. The van der Waals surface area contributed by atoms with E-state index >= 15 is 0 Å². The number of hydrogen-bond donors (Lipinski definition) is 0. The molecular formula is C21H17N3O3S. The molecule has 28 heavy (non-hydrogen) atoms. The van der Waals surface area contributed by atoms with Crippen LogP contribution in [-0.4, -0.2) is 14.5 Å². The van der Waals surface area contributed by atoms with Gasteiger partial charge in [0.1, 0.15) is 4.83 Å². The van der Waals surface area contributed by atoms with Gasteiger partial charge in [0.15, 0.2) is 0 Å². The number of nitro groups is 1. The number of nitro benzene ring substituents is 1. The van der Waals surface area contributed by atoms with Crippen LogP contribution in [-0.2, 0) is 13.0 Å². The van der Waals surface area contributed by atoms with Crippen molar-refractivity contribution in [2.45, 2.75) is 19.9 Å². The Bertz CT molecular complexity index is 1210. The van der Waals surface area contributed by atoms with E-state index < -0.39 is 4.92 Å². The SMILES string of the molecule is CCc1ccc(-c2csc3ncn(Cc4ccc([N+](=O)[O-])cc4)c(=O)c23)cc1. The van der Waals surface area contributed by atoms with Gasteiger partial charge < -0.3 is 0 Å². The molecule has 0 aliphatic rings. The van der Waals surface area contributed by atoms with Gasteiger partial charge in [-0.25, -0.2) is 4.98 Å². The van der Waals surface area contributed by atoms with Crippen LogP contribution in [0.2, 0.25) is 0 Å². The summed E-state index contributed by atoms with van der Waals surface area (Å²) < 4.78 is 1.54. The molecule has 0 fully saturated rings. The van der Waals surface area contributed by atoms with Gasteiger partial charge >= 0.3 is 0 Å². The van der Waals surface area contributed by atoms with Gasteiger partial charge in [0.25, 0.3) is 11.2 Å². The first-order valence-corrected chi connectivity index (χ1v) is 9.74. The summed E-state index contributed by atoms with van der Waals surface area (Å²) in [6.07, 6.45) is 2.50. The van der Waals surface area contributed by atoms with E-state index in [0.29, 0.717) is 16.8 Å². The number of aryl methyl sites for hydroxylation is 1. The number of hydrogen-bond acceptors (Lipinski definition) is 5. The van der Waals surface area contributed by atoms with Crippen molar-refractivity contribution in [3.8, 4) is 11.1 Å². The smallest absolute Gasteiger partial charge is 0.269 e. The average Bonchev–Trinajstić information content (AvgIpc) is 3.15. The molecule has 140 valence electrons. The van der Waals surface area contributed by atoms with E-state index in [-0.39, 0.29) is 11.2 Å². The minimum absolute atomic E-state index is 0.0281. The molecule has 4 aromatic rings. The molecule has 0 unspecified atom stereocenters. The molecule has 4 rings (SSSR count). The number of non-ortho nitro benzene ring substituents is 1. The molecule has 6 nitrogen and oxygen atoms in total. The van der Waals surface area contributed by atoms with Crippen LogP contribution in [0.25, 0.3) is 21.3 Å². The summed E-state index contributed by atoms with van der Waals surface area (Å²) in [6, 6.07) is 14.4. The zero-order valence-corrected chi connectivity index (χ0v) is 16.0. The van der Waals surface area contributed by atoms with Crippen LogP contribution in [0.5, 0.6) is 0 Å². The molecular weight excluding hydrogens is 374 g/mol. The number of nitrogens with zero attached hydrogens (tertiary/aromatic N) is 3. The first kappa shape index (κ1) is 18.1. The van der Waals surface area contributed by atoms with Gasteiger partial charge in [-0.2, -0.15) is 0 Å². The van der Waals surface area contributed by atoms with Crippen molar-refractivity contribution in [1.82, 2.24) is 9.55 Å². The third-order valence-corrected chi connectivity index (χ3v) is 5.62. The maximum absolute atomic E-state index is 13.1. The number of aromatic nitrogens is 2. The van der Waals surface area contributed by atoms with Gasteiger partial charge in [-0.15, -0.1) is 11.3 Å². The van der Waals surface area contributed by atoms with E-state index in [1.54, 1.807) is 16.7 Å². The minimum atomic E-state index is -0.439. The summed E-state index contributed by atoms with van der Waals surface area (Å²) in [5.41, 5.74) is 3.85. The zero-order valence-electron chi connectivity index (χ0n) is 15.2. The number of rotatable bonds is 5. The summed E-state index contributed by atoms with van der Waals surface area (Å²) in [5, 5.41) is 13.4. The fourth-order valence-electron chi connectivity index (χ4n) is 3.13. The van der Waals surface area contributed by atoms with Gasteiger partial charge in [0.2, 0.25) is 0 Å². The summed E-state index contributed by atoms with van der Waals surface area (Å²) in [7, 11) is 0. The monoisotopic (exact) mass is 391 g/mol. The van der Waals surface area contributed by atoms with Crippen molar-refractivity contribution in [1.29, 1.82) is 0 Å². The van der Waals surface area contributed by atoms with Crippen molar-refractivity contribution < 1.29 is 4.92 Å². The van der Waals surface area contributed by atoms with Crippen molar-refractivity contribution in [3.05, 3.63) is 91.8 Å². The zero-order chi connectivity index (χ0) is 19.7. The van der Waals surface area contributed by atoms with Crippen LogP contribution in [0.15, 0.2) is 65.0 Å². The van der Waals surface area contributed by atoms with E-state index in [4.69, 9.17) is 0 Å². The lowest BCUT2D eigenvalue weighted by Crippen LogP contribution is -2.20. The Hall–Kier alpha value is -3.32.